The average molecular weight is 354 g/mol. The Labute approximate surface area is 157 Å². The minimum absolute atomic E-state index is 0.00307. The van der Waals surface area contributed by atoms with Gasteiger partial charge in [-0.1, -0.05) is 23.3 Å². The van der Waals surface area contributed by atoms with E-state index in [1.54, 1.807) is 6.92 Å². The van der Waals surface area contributed by atoms with Crippen LogP contribution in [0.25, 0.3) is 6.08 Å². The van der Waals surface area contributed by atoms with Crippen molar-refractivity contribution in [3.63, 3.8) is 0 Å². The molecule has 1 aromatic rings. The molecule has 1 unspecified atom stereocenters. The van der Waals surface area contributed by atoms with Crippen LogP contribution < -0.4 is 4.74 Å². The van der Waals surface area contributed by atoms with Crippen molar-refractivity contribution in [1.29, 1.82) is 0 Å². The van der Waals surface area contributed by atoms with Gasteiger partial charge in [0.15, 0.2) is 6.29 Å². The predicted octanol–water partition coefficient (Wildman–Crippen LogP) is 6.15. The van der Waals surface area contributed by atoms with Gasteiger partial charge in [0.2, 0.25) is 0 Å². The molecule has 0 radical (unpaired) electrons. The summed E-state index contributed by atoms with van der Waals surface area (Å²) in [5.74, 6) is 0.642. The molecule has 1 aliphatic rings. The maximum Gasteiger partial charge on any atom is 0.154 e. The van der Waals surface area contributed by atoms with Gasteiger partial charge in [0, 0.05) is 0 Å². The molecular weight excluding hydrogens is 324 g/mol. The van der Waals surface area contributed by atoms with Crippen LogP contribution in [0.3, 0.4) is 0 Å². The summed E-state index contributed by atoms with van der Waals surface area (Å²) in [7, 11) is 0. The summed E-state index contributed by atoms with van der Waals surface area (Å²) >= 11 is 0. The molecule has 1 N–H and O–H groups in total. The number of carbonyl (C=O) groups is 1. The quantitative estimate of drug-likeness (QED) is 0.472. The molecule has 0 aromatic heterocycles. The number of hydrogen-bond donors (Lipinski definition) is 1. The summed E-state index contributed by atoms with van der Waals surface area (Å²) in [5, 5.41) is 10.3. The highest BCUT2D eigenvalue weighted by Gasteiger charge is 2.29. The summed E-state index contributed by atoms with van der Waals surface area (Å²) in [6, 6.07) is 1.83. The number of aromatic hydroxyl groups is 1. The first-order valence-electron chi connectivity index (χ1n) is 9.25. The number of phenolic OH excluding ortho intramolecular Hbond substituents is 1. The smallest absolute Gasteiger partial charge is 0.154 e. The van der Waals surface area contributed by atoms with E-state index >= 15 is 0 Å². The van der Waals surface area contributed by atoms with Crippen LogP contribution in [0.2, 0.25) is 0 Å². The number of aryl methyl sites for hydroxylation is 1. The van der Waals surface area contributed by atoms with Gasteiger partial charge in [0.05, 0.1) is 11.1 Å². The lowest BCUT2D eigenvalue weighted by Crippen LogP contribution is -2.31. The van der Waals surface area contributed by atoms with Gasteiger partial charge in [-0.25, -0.2) is 0 Å². The van der Waals surface area contributed by atoms with Crippen molar-refractivity contribution in [3.05, 3.63) is 52.1 Å². The zero-order valence-corrected chi connectivity index (χ0v) is 16.6. The molecule has 2 rings (SSSR count). The number of fused-ring (bicyclic) bond motifs is 1. The van der Waals surface area contributed by atoms with Crippen LogP contribution in [0.5, 0.6) is 11.5 Å². The van der Waals surface area contributed by atoms with Crippen LogP contribution in [-0.4, -0.2) is 17.0 Å². The first kappa shape index (κ1) is 20.0. The number of aldehydes is 1. The molecular formula is C23H30O3. The Hall–Kier alpha value is -2.29. The second kappa shape index (κ2) is 8.39. The normalized spacial score (nSPS) is 18.9. The van der Waals surface area contributed by atoms with Crippen molar-refractivity contribution in [2.45, 2.75) is 65.9 Å². The van der Waals surface area contributed by atoms with Gasteiger partial charge in [-0.2, -0.15) is 0 Å². The second-order valence-electron chi connectivity index (χ2n) is 7.64. The Balaban J connectivity index is 2.04. The van der Waals surface area contributed by atoms with Crippen LogP contribution in [0.1, 0.15) is 74.9 Å². The van der Waals surface area contributed by atoms with E-state index in [2.05, 4.69) is 39.8 Å². The molecule has 26 heavy (non-hydrogen) atoms. The fourth-order valence-corrected chi connectivity index (χ4v) is 3.17. The number of rotatable bonds is 7. The molecule has 140 valence electrons. The Morgan fingerprint density at radius 2 is 1.96 bits per heavy atom. The second-order valence-corrected chi connectivity index (χ2v) is 7.64. The molecule has 0 saturated heterocycles. The lowest BCUT2D eigenvalue weighted by atomic mass is 9.92. The third kappa shape index (κ3) is 4.87. The third-order valence-electron chi connectivity index (χ3n) is 4.84. The molecule has 0 aliphatic carbocycles. The summed E-state index contributed by atoms with van der Waals surface area (Å²) in [5.41, 5.74) is 3.99. The molecule has 0 bridgehead atoms. The van der Waals surface area contributed by atoms with E-state index in [1.165, 1.54) is 11.1 Å². The first-order chi connectivity index (χ1) is 12.3. The number of benzene rings is 1. The van der Waals surface area contributed by atoms with Gasteiger partial charge >= 0.3 is 0 Å². The van der Waals surface area contributed by atoms with E-state index in [0.717, 1.165) is 31.2 Å². The number of carbonyl (C=O) groups excluding carboxylic acids is 1. The highest BCUT2D eigenvalue weighted by Crippen LogP contribution is 2.40. The van der Waals surface area contributed by atoms with Gasteiger partial charge in [-0.15, -0.1) is 0 Å². The van der Waals surface area contributed by atoms with Crippen molar-refractivity contribution in [2.24, 2.45) is 0 Å². The maximum absolute atomic E-state index is 11.1. The fourth-order valence-electron chi connectivity index (χ4n) is 3.17. The minimum atomic E-state index is -0.411. The summed E-state index contributed by atoms with van der Waals surface area (Å²) in [4.78, 5) is 11.1. The molecule has 3 nitrogen and oxygen atoms in total. The highest BCUT2D eigenvalue weighted by molar-refractivity contribution is 5.86. The molecule has 0 amide bonds. The molecule has 1 aromatic carbocycles. The topological polar surface area (TPSA) is 46.5 Å². The molecule has 1 aliphatic heterocycles. The molecule has 1 heterocycles. The Bertz CT molecular complexity index is 764. The Kier molecular flexibility index (Phi) is 6.47. The standard InChI is InChI=1S/C23H30O3/c1-16(2)8-6-9-17(3)10-7-12-23(5)13-11-19-21(26-23)14-18(4)20(15-24)22(19)25/h8,10-11,13-15,25H,6-7,9,12H2,1-5H3/b17-10+. The van der Waals surface area contributed by atoms with Crippen molar-refractivity contribution in [1.82, 2.24) is 0 Å². The first-order valence-corrected chi connectivity index (χ1v) is 9.25. The summed E-state index contributed by atoms with van der Waals surface area (Å²) in [6.07, 6.45) is 13.1. The molecule has 0 saturated carbocycles. The van der Waals surface area contributed by atoms with Crippen molar-refractivity contribution >= 4 is 12.4 Å². The van der Waals surface area contributed by atoms with Crippen LogP contribution in [0.15, 0.2) is 35.4 Å². The third-order valence-corrected chi connectivity index (χ3v) is 4.84. The van der Waals surface area contributed by atoms with E-state index in [1.807, 2.05) is 18.2 Å². The maximum atomic E-state index is 11.1. The zero-order valence-electron chi connectivity index (χ0n) is 16.6. The lowest BCUT2D eigenvalue weighted by molar-refractivity contribution is 0.111. The van der Waals surface area contributed by atoms with Gasteiger partial charge in [0.1, 0.15) is 17.1 Å². The van der Waals surface area contributed by atoms with E-state index in [-0.39, 0.29) is 5.75 Å². The van der Waals surface area contributed by atoms with Crippen LogP contribution in [0.4, 0.5) is 0 Å². The van der Waals surface area contributed by atoms with Crippen molar-refractivity contribution in [2.75, 3.05) is 0 Å². The van der Waals surface area contributed by atoms with E-state index < -0.39 is 5.60 Å². The monoisotopic (exact) mass is 354 g/mol. The summed E-state index contributed by atoms with van der Waals surface area (Å²) < 4.78 is 6.17. The number of ether oxygens (including phenoxy) is 1. The van der Waals surface area contributed by atoms with Crippen LogP contribution in [0, 0.1) is 6.92 Å². The SMILES string of the molecule is CC(C)=CCC/C(C)=C/CCC1(C)C=Cc2c(cc(C)c(C=O)c2O)O1. The Morgan fingerprint density at radius 1 is 1.23 bits per heavy atom. The van der Waals surface area contributed by atoms with Crippen molar-refractivity contribution in [3.8, 4) is 11.5 Å². The summed E-state index contributed by atoms with van der Waals surface area (Å²) in [6.45, 7) is 10.3. The highest BCUT2D eigenvalue weighted by atomic mass is 16.5. The number of allylic oxidation sites excluding steroid dienone is 4. The minimum Gasteiger partial charge on any atom is -0.506 e. The lowest BCUT2D eigenvalue weighted by Gasteiger charge is -2.32. The molecule has 1 atom stereocenters. The van der Waals surface area contributed by atoms with Crippen LogP contribution in [-0.2, 0) is 0 Å². The Morgan fingerprint density at radius 3 is 2.62 bits per heavy atom. The van der Waals surface area contributed by atoms with Gasteiger partial charge < -0.3 is 9.84 Å². The largest absolute Gasteiger partial charge is 0.506 e. The van der Waals surface area contributed by atoms with E-state index in [4.69, 9.17) is 4.74 Å². The zero-order chi connectivity index (χ0) is 19.3. The average Bonchev–Trinajstić information content (AvgIpc) is 2.54. The van der Waals surface area contributed by atoms with Gasteiger partial charge in [-0.05, 0) is 84.1 Å². The van der Waals surface area contributed by atoms with Gasteiger partial charge in [-0.3, -0.25) is 4.79 Å². The predicted molar refractivity (Wildman–Crippen MR) is 108 cm³/mol. The molecule has 3 heteroatoms. The van der Waals surface area contributed by atoms with Crippen LogP contribution >= 0.6 is 0 Å². The van der Waals surface area contributed by atoms with E-state index in [9.17, 15) is 9.90 Å². The number of hydrogen-bond acceptors (Lipinski definition) is 3. The van der Waals surface area contributed by atoms with Gasteiger partial charge in [0.25, 0.3) is 0 Å². The van der Waals surface area contributed by atoms with Crippen molar-refractivity contribution < 1.29 is 14.6 Å². The number of phenols is 1. The fraction of sp³-hybridized carbons (Fsp3) is 0.435. The molecule has 0 fully saturated rings. The van der Waals surface area contributed by atoms with E-state index in [0.29, 0.717) is 23.2 Å². The molecule has 0 spiro atoms.